The average Bonchev–Trinajstić information content (AvgIpc) is 2.62. The SMILES string of the molecule is Cc1cccc(NC(=O)c2cccc(C(=O)NCCCN(C)C)n2)c1C. The minimum Gasteiger partial charge on any atom is -0.351 e. The second kappa shape index (κ2) is 9.10. The van der Waals surface area contributed by atoms with Gasteiger partial charge in [0.2, 0.25) is 0 Å². The van der Waals surface area contributed by atoms with Crippen molar-refractivity contribution < 1.29 is 9.59 Å². The van der Waals surface area contributed by atoms with E-state index in [1.54, 1.807) is 18.2 Å². The number of carbonyl (C=O) groups excluding carboxylic acids is 2. The van der Waals surface area contributed by atoms with E-state index in [1.807, 2.05) is 46.1 Å². The fourth-order valence-corrected chi connectivity index (χ4v) is 2.45. The third-order valence-corrected chi connectivity index (χ3v) is 4.13. The van der Waals surface area contributed by atoms with Crippen LogP contribution in [-0.4, -0.2) is 48.9 Å². The summed E-state index contributed by atoms with van der Waals surface area (Å²) in [5.74, 6) is -0.605. The number of anilines is 1. The summed E-state index contributed by atoms with van der Waals surface area (Å²) in [5, 5.41) is 5.69. The molecule has 0 fully saturated rings. The molecular weight excluding hydrogens is 328 g/mol. The molecule has 0 aliphatic rings. The number of hydrogen-bond acceptors (Lipinski definition) is 4. The molecule has 1 aromatic carbocycles. The van der Waals surface area contributed by atoms with Gasteiger partial charge >= 0.3 is 0 Å². The third-order valence-electron chi connectivity index (χ3n) is 4.13. The van der Waals surface area contributed by atoms with E-state index in [0.29, 0.717) is 6.54 Å². The van der Waals surface area contributed by atoms with Gasteiger partial charge in [-0.3, -0.25) is 9.59 Å². The normalized spacial score (nSPS) is 10.7. The number of nitrogens with one attached hydrogen (secondary N) is 2. The van der Waals surface area contributed by atoms with Crippen molar-refractivity contribution in [3.63, 3.8) is 0 Å². The molecule has 6 heteroatoms. The fourth-order valence-electron chi connectivity index (χ4n) is 2.45. The molecule has 6 nitrogen and oxygen atoms in total. The summed E-state index contributed by atoms with van der Waals surface area (Å²) in [6.07, 6.45) is 0.853. The highest BCUT2D eigenvalue weighted by atomic mass is 16.2. The van der Waals surface area contributed by atoms with Crippen molar-refractivity contribution in [2.75, 3.05) is 32.5 Å². The second-order valence-electron chi connectivity index (χ2n) is 6.52. The highest BCUT2D eigenvalue weighted by molar-refractivity contribution is 6.04. The van der Waals surface area contributed by atoms with Gasteiger partial charge in [-0.25, -0.2) is 4.98 Å². The molecule has 1 heterocycles. The van der Waals surface area contributed by atoms with Crippen LogP contribution in [0.25, 0.3) is 0 Å². The first-order chi connectivity index (χ1) is 12.4. The number of rotatable bonds is 7. The van der Waals surface area contributed by atoms with Crippen LogP contribution in [0.2, 0.25) is 0 Å². The Bertz CT molecular complexity index is 787. The highest BCUT2D eigenvalue weighted by Crippen LogP contribution is 2.18. The Labute approximate surface area is 154 Å². The summed E-state index contributed by atoms with van der Waals surface area (Å²) in [6, 6.07) is 10.6. The van der Waals surface area contributed by atoms with Gasteiger partial charge in [-0.05, 0) is 70.2 Å². The van der Waals surface area contributed by atoms with Gasteiger partial charge in [0.1, 0.15) is 11.4 Å². The largest absolute Gasteiger partial charge is 0.351 e. The van der Waals surface area contributed by atoms with Gasteiger partial charge in [0.25, 0.3) is 11.8 Å². The van der Waals surface area contributed by atoms with E-state index >= 15 is 0 Å². The molecule has 2 amide bonds. The first kappa shape index (κ1) is 19.6. The van der Waals surface area contributed by atoms with Gasteiger partial charge in [-0.1, -0.05) is 18.2 Å². The quantitative estimate of drug-likeness (QED) is 0.750. The first-order valence-electron chi connectivity index (χ1n) is 8.66. The summed E-state index contributed by atoms with van der Waals surface area (Å²) in [7, 11) is 3.98. The predicted molar refractivity (Wildman–Crippen MR) is 104 cm³/mol. The number of pyridine rings is 1. The Morgan fingerprint density at radius 2 is 1.65 bits per heavy atom. The van der Waals surface area contributed by atoms with Crippen LogP contribution >= 0.6 is 0 Å². The zero-order valence-electron chi connectivity index (χ0n) is 15.8. The topological polar surface area (TPSA) is 74.3 Å². The van der Waals surface area contributed by atoms with E-state index in [2.05, 4.69) is 20.5 Å². The van der Waals surface area contributed by atoms with E-state index in [-0.39, 0.29) is 23.2 Å². The summed E-state index contributed by atoms with van der Waals surface area (Å²) >= 11 is 0. The van der Waals surface area contributed by atoms with Gasteiger partial charge in [0, 0.05) is 12.2 Å². The van der Waals surface area contributed by atoms with Crippen molar-refractivity contribution in [3.8, 4) is 0 Å². The van der Waals surface area contributed by atoms with Crippen LogP contribution < -0.4 is 10.6 Å². The second-order valence-corrected chi connectivity index (χ2v) is 6.52. The summed E-state index contributed by atoms with van der Waals surface area (Å²) in [5.41, 5.74) is 3.31. The molecule has 0 aliphatic heterocycles. The van der Waals surface area contributed by atoms with E-state index in [9.17, 15) is 9.59 Å². The minimum absolute atomic E-state index is 0.215. The zero-order valence-corrected chi connectivity index (χ0v) is 15.8. The van der Waals surface area contributed by atoms with Crippen molar-refractivity contribution in [1.29, 1.82) is 0 Å². The number of benzene rings is 1. The average molecular weight is 354 g/mol. The Kier molecular flexibility index (Phi) is 6.86. The lowest BCUT2D eigenvalue weighted by Gasteiger charge is -2.11. The maximum atomic E-state index is 12.5. The van der Waals surface area contributed by atoms with Gasteiger partial charge in [-0.15, -0.1) is 0 Å². The van der Waals surface area contributed by atoms with Gasteiger partial charge in [-0.2, -0.15) is 0 Å². The molecule has 0 bridgehead atoms. The van der Waals surface area contributed by atoms with Crippen molar-refractivity contribution in [2.45, 2.75) is 20.3 Å². The molecule has 138 valence electrons. The Morgan fingerprint density at radius 1 is 1.00 bits per heavy atom. The minimum atomic E-state index is -0.332. The molecule has 0 spiro atoms. The molecule has 0 saturated carbocycles. The zero-order chi connectivity index (χ0) is 19.1. The lowest BCUT2D eigenvalue weighted by Crippen LogP contribution is -2.28. The lowest BCUT2D eigenvalue weighted by atomic mass is 10.1. The van der Waals surface area contributed by atoms with Crippen LogP contribution in [0.4, 0.5) is 5.69 Å². The molecule has 1 aromatic heterocycles. The van der Waals surface area contributed by atoms with E-state index in [0.717, 1.165) is 29.8 Å². The van der Waals surface area contributed by atoms with E-state index in [4.69, 9.17) is 0 Å². The summed E-state index contributed by atoms with van der Waals surface area (Å²) < 4.78 is 0. The number of carbonyl (C=O) groups is 2. The van der Waals surface area contributed by atoms with E-state index in [1.165, 1.54) is 0 Å². The smallest absolute Gasteiger partial charge is 0.274 e. The van der Waals surface area contributed by atoms with Crippen LogP contribution in [0.15, 0.2) is 36.4 Å². The maximum Gasteiger partial charge on any atom is 0.274 e. The van der Waals surface area contributed by atoms with Crippen LogP contribution in [0.1, 0.15) is 38.5 Å². The predicted octanol–water partition coefficient (Wildman–Crippen LogP) is 2.63. The Balaban J connectivity index is 2.02. The highest BCUT2D eigenvalue weighted by Gasteiger charge is 2.13. The van der Waals surface area contributed by atoms with Crippen molar-refractivity contribution >= 4 is 17.5 Å². The molecule has 0 aliphatic carbocycles. The molecule has 2 rings (SSSR count). The molecule has 2 N–H and O–H groups in total. The Morgan fingerprint density at radius 3 is 2.35 bits per heavy atom. The molecule has 2 aromatic rings. The number of aromatic nitrogens is 1. The van der Waals surface area contributed by atoms with Crippen molar-refractivity contribution in [1.82, 2.24) is 15.2 Å². The van der Waals surface area contributed by atoms with Crippen LogP contribution in [0.5, 0.6) is 0 Å². The fraction of sp³-hybridized carbons (Fsp3) is 0.350. The monoisotopic (exact) mass is 354 g/mol. The molecule has 0 unspecified atom stereocenters. The van der Waals surface area contributed by atoms with Crippen LogP contribution in [-0.2, 0) is 0 Å². The number of hydrogen-bond donors (Lipinski definition) is 2. The molecular formula is C20H26N4O2. The molecule has 0 radical (unpaired) electrons. The van der Waals surface area contributed by atoms with Gasteiger partial charge in [0.15, 0.2) is 0 Å². The van der Waals surface area contributed by atoms with Gasteiger partial charge < -0.3 is 15.5 Å². The van der Waals surface area contributed by atoms with Crippen molar-refractivity contribution in [2.24, 2.45) is 0 Å². The lowest BCUT2D eigenvalue weighted by molar-refractivity contribution is 0.0947. The summed E-state index contributed by atoms with van der Waals surface area (Å²) in [6.45, 7) is 5.41. The van der Waals surface area contributed by atoms with Gasteiger partial charge in [0.05, 0.1) is 0 Å². The number of aryl methyl sites for hydroxylation is 1. The molecule has 26 heavy (non-hydrogen) atoms. The standard InChI is InChI=1S/C20H26N4O2/c1-14-8-5-9-16(15(14)2)23-20(26)18-11-6-10-17(22-18)19(25)21-12-7-13-24(3)4/h5-6,8-11H,7,12-13H2,1-4H3,(H,21,25)(H,23,26). The van der Waals surface area contributed by atoms with Crippen LogP contribution in [0.3, 0.4) is 0 Å². The van der Waals surface area contributed by atoms with Crippen molar-refractivity contribution in [3.05, 3.63) is 58.9 Å². The molecule has 0 atom stereocenters. The third kappa shape index (κ3) is 5.39. The Hall–Kier alpha value is -2.73. The first-order valence-corrected chi connectivity index (χ1v) is 8.66. The maximum absolute atomic E-state index is 12.5. The molecule has 0 saturated heterocycles. The van der Waals surface area contributed by atoms with E-state index < -0.39 is 0 Å². The number of nitrogens with zero attached hydrogens (tertiary/aromatic N) is 2. The number of amides is 2. The summed E-state index contributed by atoms with van der Waals surface area (Å²) in [4.78, 5) is 30.9. The van der Waals surface area contributed by atoms with Crippen LogP contribution in [0, 0.1) is 13.8 Å².